The lowest BCUT2D eigenvalue weighted by Crippen LogP contribution is -2.41. The van der Waals surface area contributed by atoms with Gasteiger partial charge in [0.05, 0.1) is 5.39 Å². The van der Waals surface area contributed by atoms with Gasteiger partial charge in [0.1, 0.15) is 6.54 Å². The van der Waals surface area contributed by atoms with Gasteiger partial charge >= 0.3 is 12.0 Å². The predicted octanol–water partition coefficient (Wildman–Crippen LogP) is -0.450. The van der Waals surface area contributed by atoms with Gasteiger partial charge in [-0.3, -0.25) is 14.9 Å². The minimum absolute atomic E-state index is 0.127. The fourth-order valence-electron chi connectivity index (χ4n) is 1.86. The Hall–Kier alpha value is -3.23. The smallest absolute Gasteiger partial charge is 0.357 e. The van der Waals surface area contributed by atoms with Crippen LogP contribution in [0.5, 0.6) is 0 Å². The minimum atomic E-state index is -1.32. The number of carbonyl (C=O) groups is 3. The summed E-state index contributed by atoms with van der Waals surface area (Å²) in [5.41, 5.74) is -0.962. The van der Waals surface area contributed by atoms with Crippen LogP contribution in [0.1, 0.15) is 10.5 Å². The van der Waals surface area contributed by atoms with Gasteiger partial charge in [-0.1, -0.05) is 18.2 Å². The lowest BCUT2D eigenvalue weighted by atomic mass is 10.1. The Morgan fingerprint density at radius 1 is 1.23 bits per heavy atom. The number of amides is 3. The van der Waals surface area contributed by atoms with E-state index in [2.05, 4.69) is 10.4 Å². The number of imide groups is 1. The summed E-state index contributed by atoms with van der Waals surface area (Å²) >= 11 is 0. The maximum absolute atomic E-state index is 12.2. The first-order valence-electron chi connectivity index (χ1n) is 6.18. The number of carboxylic acid groups (broad SMARTS) is 1. The summed E-state index contributed by atoms with van der Waals surface area (Å²) in [5, 5.41) is 17.3. The van der Waals surface area contributed by atoms with E-state index in [1.165, 1.54) is 19.2 Å². The molecule has 0 atom stereocenters. The number of benzene rings is 1. The van der Waals surface area contributed by atoms with Crippen molar-refractivity contribution in [2.75, 3.05) is 7.05 Å². The van der Waals surface area contributed by atoms with Gasteiger partial charge in [0.15, 0.2) is 5.69 Å². The highest BCUT2D eigenvalue weighted by molar-refractivity contribution is 6.01. The number of rotatable bonds is 3. The monoisotopic (exact) mass is 304 g/mol. The molecule has 0 fully saturated rings. The molecule has 0 aliphatic heterocycles. The van der Waals surface area contributed by atoms with Gasteiger partial charge in [0, 0.05) is 12.4 Å². The Morgan fingerprint density at radius 3 is 2.45 bits per heavy atom. The summed E-state index contributed by atoms with van der Waals surface area (Å²) < 4.78 is 0.712. The largest absolute Gasteiger partial charge is 0.476 e. The van der Waals surface area contributed by atoms with Gasteiger partial charge < -0.3 is 10.4 Å². The number of fused-ring (bicyclic) bond motifs is 1. The van der Waals surface area contributed by atoms with Crippen molar-refractivity contribution in [3.05, 3.63) is 40.3 Å². The van der Waals surface area contributed by atoms with E-state index in [-0.39, 0.29) is 16.5 Å². The number of nitrogens with zero attached hydrogens (tertiary/aromatic N) is 2. The second kappa shape index (κ2) is 6.04. The molecule has 9 heteroatoms. The molecule has 0 radical (unpaired) electrons. The Morgan fingerprint density at radius 2 is 1.86 bits per heavy atom. The molecule has 0 unspecified atom stereocenters. The van der Waals surface area contributed by atoms with Crippen molar-refractivity contribution < 1.29 is 19.5 Å². The summed E-state index contributed by atoms with van der Waals surface area (Å²) in [6.45, 7) is -0.572. The van der Waals surface area contributed by atoms with Crippen molar-refractivity contribution in [3.8, 4) is 0 Å². The van der Waals surface area contributed by atoms with E-state index in [0.717, 1.165) is 0 Å². The molecule has 2 aromatic rings. The molecular weight excluding hydrogens is 292 g/mol. The first-order valence-corrected chi connectivity index (χ1v) is 6.18. The Kier molecular flexibility index (Phi) is 4.16. The molecule has 1 heterocycles. The predicted molar refractivity (Wildman–Crippen MR) is 75.6 cm³/mol. The first kappa shape index (κ1) is 15.2. The molecule has 0 spiro atoms. The number of carboxylic acids is 1. The van der Waals surface area contributed by atoms with Gasteiger partial charge in [0.25, 0.3) is 5.56 Å². The van der Waals surface area contributed by atoms with E-state index < -0.39 is 30.0 Å². The normalized spacial score (nSPS) is 10.2. The van der Waals surface area contributed by atoms with Gasteiger partial charge in [-0.05, 0) is 6.07 Å². The molecule has 3 N–H and O–H groups in total. The van der Waals surface area contributed by atoms with Crippen LogP contribution in [0, 0.1) is 0 Å². The second-order valence-electron chi connectivity index (χ2n) is 4.29. The minimum Gasteiger partial charge on any atom is -0.476 e. The van der Waals surface area contributed by atoms with E-state index in [4.69, 9.17) is 0 Å². The quantitative estimate of drug-likeness (QED) is 0.704. The molecule has 1 aromatic carbocycles. The van der Waals surface area contributed by atoms with Crippen LogP contribution in [-0.2, 0) is 11.3 Å². The van der Waals surface area contributed by atoms with E-state index in [1.807, 2.05) is 5.32 Å². The number of urea groups is 1. The standard InChI is InChI=1S/C13H12N4O5/c1-14-13(22)15-9(18)6-17-11(19)8-5-3-2-4-7(8)10(16-17)12(20)21/h2-5H,6H2,1H3,(H,20,21)(H2,14,15,18,22). The third-order valence-electron chi connectivity index (χ3n) is 2.84. The summed E-state index contributed by atoms with van der Waals surface area (Å²) in [6, 6.07) is 5.32. The number of hydrogen-bond acceptors (Lipinski definition) is 5. The van der Waals surface area contributed by atoms with E-state index >= 15 is 0 Å². The lowest BCUT2D eigenvalue weighted by Gasteiger charge is -2.08. The first-order chi connectivity index (χ1) is 10.4. The van der Waals surface area contributed by atoms with Gasteiger partial charge in [-0.15, -0.1) is 0 Å². The summed E-state index contributed by atoms with van der Waals surface area (Å²) in [6.07, 6.45) is 0. The molecule has 0 aliphatic rings. The molecule has 0 saturated carbocycles. The van der Waals surface area contributed by atoms with Crippen molar-refractivity contribution in [3.63, 3.8) is 0 Å². The zero-order chi connectivity index (χ0) is 16.3. The van der Waals surface area contributed by atoms with Crippen molar-refractivity contribution in [1.29, 1.82) is 0 Å². The lowest BCUT2D eigenvalue weighted by molar-refractivity contribution is -0.120. The number of aromatic carboxylic acids is 1. The van der Waals surface area contributed by atoms with Crippen LogP contribution in [0.25, 0.3) is 10.8 Å². The Bertz CT molecular complexity index is 827. The third kappa shape index (κ3) is 2.92. The van der Waals surface area contributed by atoms with Crippen molar-refractivity contribution in [2.45, 2.75) is 6.54 Å². The number of hydrogen-bond donors (Lipinski definition) is 3. The van der Waals surface area contributed by atoms with E-state index in [0.29, 0.717) is 4.68 Å². The van der Waals surface area contributed by atoms with Crippen molar-refractivity contribution in [1.82, 2.24) is 20.4 Å². The van der Waals surface area contributed by atoms with Gasteiger partial charge in [-0.25, -0.2) is 14.3 Å². The van der Waals surface area contributed by atoms with E-state index in [1.54, 1.807) is 12.1 Å². The number of aromatic nitrogens is 2. The van der Waals surface area contributed by atoms with Gasteiger partial charge in [0.2, 0.25) is 5.91 Å². The molecular formula is C13H12N4O5. The highest BCUT2D eigenvalue weighted by atomic mass is 16.4. The summed E-state index contributed by atoms with van der Waals surface area (Å²) in [5.74, 6) is -2.11. The zero-order valence-corrected chi connectivity index (χ0v) is 11.5. The second-order valence-corrected chi connectivity index (χ2v) is 4.29. The summed E-state index contributed by atoms with van der Waals surface area (Å²) in [7, 11) is 1.32. The molecule has 3 amide bonds. The topological polar surface area (TPSA) is 130 Å². The highest BCUT2D eigenvalue weighted by Crippen LogP contribution is 2.12. The number of carbonyl (C=O) groups excluding carboxylic acids is 2. The third-order valence-corrected chi connectivity index (χ3v) is 2.84. The van der Waals surface area contributed by atoms with Crippen LogP contribution < -0.4 is 16.2 Å². The van der Waals surface area contributed by atoms with E-state index in [9.17, 15) is 24.3 Å². The van der Waals surface area contributed by atoms with Crippen molar-refractivity contribution in [2.24, 2.45) is 0 Å². The van der Waals surface area contributed by atoms with Crippen LogP contribution in [0.3, 0.4) is 0 Å². The fourth-order valence-corrected chi connectivity index (χ4v) is 1.86. The van der Waals surface area contributed by atoms with Crippen LogP contribution in [0.15, 0.2) is 29.1 Å². The van der Waals surface area contributed by atoms with Crippen molar-refractivity contribution >= 4 is 28.7 Å². The van der Waals surface area contributed by atoms with Crippen LogP contribution in [0.4, 0.5) is 4.79 Å². The molecule has 1 aromatic heterocycles. The molecule has 0 bridgehead atoms. The fraction of sp³-hybridized carbons (Fsp3) is 0.154. The van der Waals surface area contributed by atoms with Crippen LogP contribution in [-0.4, -0.2) is 39.8 Å². The Labute approximate surface area is 123 Å². The molecule has 2 rings (SSSR count). The average molecular weight is 304 g/mol. The van der Waals surface area contributed by atoms with Gasteiger partial charge in [-0.2, -0.15) is 5.10 Å². The Balaban J connectivity index is 2.49. The highest BCUT2D eigenvalue weighted by Gasteiger charge is 2.17. The maximum Gasteiger partial charge on any atom is 0.357 e. The zero-order valence-electron chi connectivity index (χ0n) is 11.5. The maximum atomic E-state index is 12.2. The SMILES string of the molecule is CNC(=O)NC(=O)Cn1nc(C(=O)O)c2ccccc2c1=O. The molecule has 0 saturated heterocycles. The molecule has 22 heavy (non-hydrogen) atoms. The molecule has 0 aliphatic carbocycles. The molecule has 9 nitrogen and oxygen atoms in total. The van der Waals surface area contributed by atoms with Crippen LogP contribution >= 0.6 is 0 Å². The molecule has 114 valence electrons. The average Bonchev–Trinajstić information content (AvgIpc) is 2.49. The number of nitrogens with one attached hydrogen (secondary N) is 2. The van der Waals surface area contributed by atoms with Crippen LogP contribution in [0.2, 0.25) is 0 Å². The summed E-state index contributed by atoms with van der Waals surface area (Å²) in [4.78, 5) is 46.1.